The SMILES string of the molecule is CC[C@@H](N)C(=O)NC(c1ccccc1)c1cccs1. The first kappa shape index (κ1) is 13.8. The highest BCUT2D eigenvalue weighted by Crippen LogP contribution is 2.25. The highest BCUT2D eigenvalue weighted by Gasteiger charge is 2.20. The summed E-state index contributed by atoms with van der Waals surface area (Å²) < 4.78 is 0. The van der Waals surface area contributed by atoms with E-state index in [4.69, 9.17) is 5.73 Å². The van der Waals surface area contributed by atoms with Crippen LogP contribution in [0.25, 0.3) is 0 Å². The zero-order valence-electron chi connectivity index (χ0n) is 10.9. The van der Waals surface area contributed by atoms with Crippen LogP contribution in [0.5, 0.6) is 0 Å². The Morgan fingerprint density at radius 1 is 1.26 bits per heavy atom. The van der Waals surface area contributed by atoms with Crippen molar-refractivity contribution in [2.45, 2.75) is 25.4 Å². The van der Waals surface area contributed by atoms with Crippen LogP contribution < -0.4 is 11.1 Å². The minimum Gasteiger partial charge on any atom is -0.343 e. The molecular weight excluding hydrogens is 256 g/mol. The average Bonchev–Trinajstić information content (AvgIpc) is 2.98. The molecule has 3 N–H and O–H groups in total. The molecule has 1 aromatic heterocycles. The number of nitrogens with two attached hydrogens (primary N) is 1. The predicted molar refractivity (Wildman–Crippen MR) is 79.0 cm³/mol. The number of thiophene rings is 1. The van der Waals surface area contributed by atoms with Crippen LogP contribution in [0, 0.1) is 0 Å². The first-order valence-electron chi connectivity index (χ1n) is 6.36. The summed E-state index contributed by atoms with van der Waals surface area (Å²) in [5.41, 5.74) is 6.86. The van der Waals surface area contributed by atoms with Gasteiger partial charge in [0.05, 0.1) is 12.1 Å². The van der Waals surface area contributed by atoms with Gasteiger partial charge in [0.2, 0.25) is 5.91 Å². The largest absolute Gasteiger partial charge is 0.343 e. The summed E-state index contributed by atoms with van der Waals surface area (Å²) in [7, 11) is 0. The third kappa shape index (κ3) is 3.43. The minimum absolute atomic E-state index is 0.107. The Morgan fingerprint density at radius 2 is 2.00 bits per heavy atom. The van der Waals surface area contributed by atoms with Crippen LogP contribution in [0.2, 0.25) is 0 Å². The highest BCUT2D eigenvalue weighted by molar-refractivity contribution is 7.10. The summed E-state index contributed by atoms with van der Waals surface area (Å²) in [6, 6.07) is 13.4. The van der Waals surface area contributed by atoms with Crippen LogP contribution in [0.1, 0.15) is 29.8 Å². The number of hydrogen-bond donors (Lipinski definition) is 2. The molecule has 2 atom stereocenters. The van der Waals surface area contributed by atoms with Gasteiger partial charge in [-0.05, 0) is 23.4 Å². The van der Waals surface area contributed by atoms with Crippen molar-refractivity contribution >= 4 is 17.2 Å². The molecule has 1 aromatic carbocycles. The molecule has 0 aliphatic rings. The Bertz CT molecular complexity index is 510. The average molecular weight is 274 g/mol. The number of carbonyl (C=O) groups excluding carboxylic acids is 1. The van der Waals surface area contributed by atoms with Crippen LogP contribution in [0.4, 0.5) is 0 Å². The number of hydrogen-bond acceptors (Lipinski definition) is 3. The maximum absolute atomic E-state index is 12.0. The molecule has 19 heavy (non-hydrogen) atoms. The number of nitrogens with one attached hydrogen (secondary N) is 1. The normalized spacial score (nSPS) is 13.8. The molecule has 4 heteroatoms. The second-order valence-electron chi connectivity index (χ2n) is 4.38. The molecular formula is C15H18N2OS. The summed E-state index contributed by atoms with van der Waals surface area (Å²) in [5.74, 6) is -0.107. The molecule has 100 valence electrons. The van der Waals surface area contributed by atoms with E-state index in [2.05, 4.69) is 5.32 Å². The molecule has 1 amide bonds. The molecule has 0 spiro atoms. The van der Waals surface area contributed by atoms with Gasteiger partial charge in [0.15, 0.2) is 0 Å². The Morgan fingerprint density at radius 3 is 2.58 bits per heavy atom. The standard InChI is InChI=1S/C15H18N2OS/c1-2-12(16)15(18)17-14(13-9-6-10-19-13)11-7-4-3-5-8-11/h3-10,12,14H,2,16H2,1H3,(H,17,18)/t12-,14?/m1/s1. The number of rotatable bonds is 5. The lowest BCUT2D eigenvalue weighted by Crippen LogP contribution is -2.41. The van der Waals surface area contributed by atoms with Crippen LogP contribution >= 0.6 is 11.3 Å². The first-order chi connectivity index (χ1) is 9.22. The van der Waals surface area contributed by atoms with Crippen molar-refractivity contribution in [3.05, 3.63) is 58.3 Å². The molecule has 0 radical (unpaired) electrons. The number of benzene rings is 1. The van der Waals surface area contributed by atoms with Crippen LogP contribution in [-0.4, -0.2) is 11.9 Å². The van der Waals surface area contributed by atoms with Crippen molar-refractivity contribution in [1.82, 2.24) is 5.32 Å². The maximum Gasteiger partial charge on any atom is 0.237 e. The molecule has 3 nitrogen and oxygen atoms in total. The van der Waals surface area contributed by atoms with Gasteiger partial charge in [0.1, 0.15) is 0 Å². The van der Waals surface area contributed by atoms with E-state index in [1.54, 1.807) is 11.3 Å². The van der Waals surface area contributed by atoms with Gasteiger partial charge in [-0.1, -0.05) is 43.3 Å². The lowest BCUT2D eigenvalue weighted by molar-refractivity contribution is -0.122. The highest BCUT2D eigenvalue weighted by atomic mass is 32.1. The molecule has 0 bridgehead atoms. The Kier molecular flexibility index (Phi) is 4.71. The maximum atomic E-state index is 12.0. The Balaban J connectivity index is 2.24. The molecule has 0 fully saturated rings. The van der Waals surface area contributed by atoms with Crippen molar-refractivity contribution in [2.24, 2.45) is 5.73 Å². The summed E-state index contributed by atoms with van der Waals surface area (Å²) in [6.45, 7) is 1.91. The fourth-order valence-electron chi connectivity index (χ4n) is 1.85. The first-order valence-corrected chi connectivity index (χ1v) is 7.24. The van der Waals surface area contributed by atoms with E-state index in [0.29, 0.717) is 6.42 Å². The van der Waals surface area contributed by atoms with E-state index < -0.39 is 6.04 Å². The predicted octanol–water partition coefficient (Wildman–Crippen LogP) is 2.69. The van der Waals surface area contributed by atoms with Crippen molar-refractivity contribution in [2.75, 3.05) is 0 Å². The van der Waals surface area contributed by atoms with E-state index in [1.165, 1.54) is 0 Å². The Hall–Kier alpha value is -1.65. The number of carbonyl (C=O) groups is 1. The molecule has 0 aliphatic heterocycles. The smallest absolute Gasteiger partial charge is 0.237 e. The van der Waals surface area contributed by atoms with Gasteiger partial charge in [-0.15, -0.1) is 11.3 Å². The molecule has 2 aromatic rings. The van der Waals surface area contributed by atoms with E-state index in [1.807, 2.05) is 54.8 Å². The topological polar surface area (TPSA) is 55.1 Å². The van der Waals surface area contributed by atoms with Crippen LogP contribution in [0.3, 0.4) is 0 Å². The monoisotopic (exact) mass is 274 g/mol. The quantitative estimate of drug-likeness (QED) is 0.880. The third-order valence-corrected chi connectivity index (χ3v) is 3.96. The van der Waals surface area contributed by atoms with Crippen LogP contribution in [0.15, 0.2) is 47.8 Å². The molecule has 2 rings (SSSR count). The van der Waals surface area contributed by atoms with E-state index in [-0.39, 0.29) is 11.9 Å². The summed E-state index contributed by atoms with van der Waals surface area (Å²) >= 11 is 1.63. The lowest BCUT2D eigenvalue weighted by atomic mass is 10.0. The molecule has 1 heterocycles. The van der Waals surface area contributed by atoms with Gasteiger partial charge in [-0.25, -0.2) is 0 Å². The van der Waals surface area contributed by atoms with E-state index >= 15 is 0 Å². The molecule has 0 saturated carbocycles. The van der Waals surface area contributed by atoms with Crippen molar-refractivity contribution < 1.29 is 4.79 Å². The zero-order chi connectivity index (χ0) is 13.7. The van der Waals surface area contributed by atoms with E-state index in [9.17, 15) is 4.79 Å². The van der Waals surface area contributed by atoms with Crippen molar-refractivity contribution in [3.8, 4) is 0 Å². The van der Waals surface area contributed by atoms with Crippen LogP contribution in [-0.2, 0) is 4.79 Å². The van der Waals surface area contributed by atoms with Gasteiger partial charge >= 0.3 is 0 Å². The lowest BCUT2D eigenvalue weighted by Gasteiger charge is -2.20. The molecule has 0 saturated heterocycles. The third-order valence-electron chi connectivity index (χ3n) is 3.02. The summed E-state index contributed by atoms with van der Waals surface area (Å²) in [4.78, 5) is 13.1. The molecule has 0 aliphatic carbocycles. The summed E-state index contributed by atoms with van der Waals surface area (Å²) in [5, 5.41) is 5.04. The van der Waals surface area contributed by atoms with Gasteiger partial charge in [0, 0.05) is 4.88 Å². The zero-order valence-corrected chi connectivity index (χ0v) is 11.7. The second kappa shape index (κ2) is 6.50. The van der Waals surface area contributed by atoms with E-state index in [0.717, 1.165) is 10.4 Å². The fraction of sp³-hybridized carbons (Fsp3) is 0.267. The summed E-state index contributed by atoms with van der Waals surface area (Å²) in [6.07, 6.45) is 0.637. The fourth-order valence-corrected chi connectivity index (χ4v) is 2.66. The minimum atomic E-state index is -0.453. The Labute approximate surface area is 117 Å². The number of amides is 1. The van der Waals surface area contributed by atoms with Crippen molar-refractivity contribution in [1.29, 1.82) is 0 Å². The van der Waals surface area contributed by atoms with Gasteiger partial charge < -0.3 is 11.1 Å². The van der Waals surface area contributed by atoms with Gasteiger partial charge in [-0.2, -0.15) is 0 Å². The second-order valence-corrected chi connectivity index (χ2v) is 5.36. The van der Waals surface area contributed by atoms with Gasteiger partial charge in [-0.3, -0.25) is 4.79 Å². The molecule has 1 unspecified atom stereocenters. The van der Waals surface area contributed by atoms with Crippen molar-refractivity contribution in [3.63, 3.8) is 0 Å². The van der Waals surface area contributed by atoms with Gasteiger partial charge in [0.25, 0.3) is 0 Å².